The van der Waals surface area contributed by atoms with Crippen molar-refractivity contribution in [1.29, 1.82) is 0 Å². The van der Waals surface area contributed by atoms with Crippen LogP contribution < -0.4 is 10.7 Å². The van der Waals surface area contributed by atoms with Gasteiger partial charge in [-0.15, -0.1) is 23.1 Å². The number of carbonyl (C=O) groups excluding carboxylic acids is 1. The number of halogens is 2. The van der Waals surface area contributed by atoms with Gasteiger partial charge in [0.25, 0.3) is 12.3 Å². The summed E-state index contributed by atoms with van der Waals surface area (Å²) < 4.78 is 29.4. The van der Waals surface area contributed by atoms with Gasteiger partial charge < -0.3 is 9.88 Å². The second-order valence-corrected chi connectivity index (χ2v) is 9.64. The van der Waals surface area contributed by atoms with Crippen LogP contribution in [-0.2, 0) is 6.54 Å². The number of aromatic nitrogens is 1. The second kappa shape index (κ2) is 9.78. The number of benzene rings is 1. The molecule has 3 aromatic rings. The fourth-order valence-electron chi connectivity index (χ4n) is 3.42. The largest absolute Gasteiger partial charge is 0.348 e. The van der Waals surface area contributed by atoms with Crippen LogP contribution >= 0.6 is 23.1 Å². The molecule has 1 aromatic carbocycles. The maximum atomic E-state index is 13.3. The van der Waals surface area contributed by atoms with Crippen LogP contribution in [0.2, 0.25) is 0 Å². The number of nitrogens with zero attached hydrogens (tertiary/aromatic N) is 1. The van der Waals surface area contributed by atoms with Crippen LogP contribution in [0.25, 0.3) is 11.1 Å². The number of alkyl halides is 2. The van der Waals surface area contributed by atoms with Crippen molar-refractivity contribution in [3.05, 3.63) is 74.5 Å². The summed E-state index contributed by atoms with van der Waals surface area (Å²) in [6, 6.07) is 9.68. The van der Waals surface area contributed by atoms with Crippen LogP contribution in [-0.4, -0.2) is 16.7 Å². The molecule has 2 heterocycles. The zero-order valence-corrected chi connectivity index (χ0v) is 19.4. The molecule has 1 amide bonds. The summed E-state index contributed by atoms with van der Waals surface area (Å²) in [6.07, 6.45) is 0.898. The predicted octanol–water partition coefficient (Wildman–Crippen LogP) is 6.06. The summed E-state index contributed by atoms with van der Waals surface area (Å²) in [7, 11) is 0. The number of hydrogen-bond donors (Lipinski definition) is 1. The monoisotopic (exact) mass is 462 g/mol. The van der Waals surface area contributed by atoms with Crippen LogP contribution in [0.5, 0.6) is 0 Å². The van der Waals surface area contributed by atoms with Crippen molar-refractivity contribution < 1.29 is 13.6 Å². The normalized spacial score (nSPS) is 11.4. The van der Waals surface area contributed by atoms with Crippen LogP contribution in [0.15, 0.2) is 51.6 Å². The van der Waals surface area contributed by atoms with Crippen molar-refractivity contribution in [2.45, 2.75) is 44.0 Å². The highest BCUT2D eigenvalue weighted by Crippen LogP contribution is 2.28. The molecule has 0 bridgehead atoms. The fraction of sp³-hybridized carbons (Fsp3) is 0.304. The molecule has 0 saturated heterocycles. The predicted molar refractivity (Wildman–Crippen MR) is 123 cm³/mol. The standard InChI is InChI=1S/C23H24F2N2O2S2/c1-13(2)27-12-18(23(29)26-11-17-8-9-19(30-4)31-17)21(28)20(14(27)3)15-6-5-7-16(10-15)22(24)25/h5-10,12-13,22H,11H2,1-4H3,(H,26,29). The molecule has 0 aliphatic rings. The SMILES string of the molecule is CSc1ccc(CNC(=O)c2cn(C(C)C)c(C)c(-c3cccc(C(F)F)c3)c2=O)s1. The average Bonchev–Trinajstić information content (AvgIpc) is 3.20. The number of thioether (sulfide) groups is 1. The van der Waals surface area contributed by atoms with E-state index in [1.165, 1.54) is 18.2 Å². The summed E-state index contributed by atoms with van der Waals surface area (Å²) in [6.45, 7) is 5.96. The Balaban J connectivity index is 2.03. The zero-order chi connectivity index (χ0) is 22.7. The van der Waals surface area contributed by atoms with Gasteiger partial charge in [-0.2, -0.15) is 0 Å². The molecule has 0 aliphatic heterocycles. The first-order valence-electron chi connectivity index (χ1n) is 9.78. The number of rotatable bonds is 7. The molecule has 0 saturated carbocycles. The summed E-state index contributed by atoms with van der Waals surface area (Å²) in [5, 5.41) is 2.82. The van der Waals surface area contributed by atoms with Crippen LogP contribution in [0.1, 0.15) is 52.8 Å². The minimum atomic E-state index is -2.64. The van der Waals surface area contributed by atoms with Gasteiger partial charge in [-0.3, -0.25) is 9.59 Å². The molecule has 0 spiro atoms. The summed E-state index contributed by atoms with van der Waals surface area (Å²) in [5.41, 5.74) is 0.653. The number of amides is 1. The van der Waals surface area contributed by atoms with Gasteiger partial charge in [0.1, 0.15) is 5.56 Å². The van der Waals surface area contributed by atoms with Crippen molar-refractivity contribution >= 4 is 29.0 Å². The number of hydrogen-bond acceptors (Lipinski definition) is 4. The van der Waals surface area contributed by atoms with Crippen molar-refractivity contribution in [3.8, 4) is 11.1 Å². The van der Waals surface area contributed by atoms with E-state index in [-0.39, 0.29) is 22.7 Å². The summed E-state index contributed by atoms with van der Waals surface area (Å²) in [4.78, 5) is 27.2. The van der Waals surface area contributed by atoms with Gasteiger partial charge in [0.2, 0.25) is 5.43 Å². The molecule has 0 radical (unpaired) electrons. The van der Waals surface area contributed by atoms with E-state index < -0.39 is 17.8 Å². The Hall–Kier alpha value is -2.45. The Morgan fingerprint density at radius 2 is 1.97 bits per heavy atom. The topological polar surface area (TPSA) is 51.1 Å². The maximum Gasteiger partial charge on any atom is 0.263 e. The molecule has 0 atom stereocenters. The van der Waals surface area contributed by atoms with E-state index in [0.717, 1.165) is 9.09 Å². The van der Waals surface area contributed by atoms with E-state index in [2.05, 4.69) is 5.32 Å². The molecule has 1 N–H and O–H groups in total. The molecule has 0 unspecified atom stereocenters. The Labute approximate surface area is 188 Å². The highest BCUT2D eigenvalue weighted by atomic mass is 32.2. The van der Waals surface area contributed by atoms with E-state index in [1.807, 2.05) is 36.8 Å². The van der Waals surface area contributed by atoms with Crippen LogP contribution in [0, 0.1) is 6.92 Å². The third-order valence-corrected chi connectivity index (χ3v) is 7.15. The van der Waals surface area contributed by atoms with E-state index in [4.69, 9.17) is 0 Å². The molecular weight excluding hydrogens is 438 g/mol. The summed E-state index contributed by atoms with van der Waals surface area (Å²) in [5.74, 6) is -0.482. The molecule has 164 valence electrons. The zero-order valence-electron chi connectivity index (χ0n) is 17.7. The van der Waals surface area contributed by atoms with Gasteiger partial charge >= 0.3 is 0 Å². The number of nitrogens with one attached hydrogen (secondary N) is 1. The Morgan fingerprint density at radius 3 is 2.58 bits per heavy atom. The van der Waals surface area contributed by atoms with Crippen molar-refractivity contribution in [2.75, 3.05) is 6.26 Å². The highest BCUT2D eigenvalue weighted by molar-refractivity contribution is 8.00. The molecule has 8 heteroatoms. The maximum absolute atomic E-state index is 13.3. The molecule has 4 nitrogen and oxygen atoms in total. The number of carbonyl (C=O) groups is 1. The van der Waals surface area contributed by atoms with Crippen molar-refractivity contribution in [2.24, 2.45) is 0 Å². The lowest BCUT2D eigenvalue weighted by Crippen LogP contribution is -2.31. The highest BCUT2D eigenvalue weighted by Gasteiger charge is 2.21. The van der Waals surface area contributed by atoms with Crippen molar-refractivity contribution in [1.82, 2.24) is 9.88 Å². The van der Waals surface area contributed by atoms with Gasteiger partial charge in [-0.25, -0.2) is 8.78 Å². The third-order valence-electron chi connectivity index (χ3n) is 4.98. The molecule has 0 aliphatic carbocycles. The van der Waals surface area contributed by atoms with E-state index in [1.54, 1.807) is 42.3 Å². The van der Waals surface area contributed by atoms with Crippen molar-refractivity contribution in [3.63, 3.8) is 0 Å². The Morgan fingerprint density at radius 1 is 1.23 bits per heavy atom. The second-order valence-electron chi connectivity index (χ2n) is 7.37. The van der Waals surface area contributed by atoms with Gasteiger partial charge in [0, 0.05) is 33.9 Å². The fourth-order valence-corrected chi connectivity index (χ4v) is 4.95. The molecular formula is C23H24F2N2O2S2. The molecule has 31 heavy (non-hydrogen) atoms. The first kappa shape index (κ1) is 23.2. The first-order valence-corrected chi connectivity index (χ1v) is 11.8. The lowest BCUT2D eigenvalue weighted by atomic mass is 9.98. The van der Waals surface area contributed by atoms with E-state index in [9.17, 15) is 18.4 Å². The van der Waals surface area contributed by atoms with Gasteiger partial charge in [0.15, 0.2) is 0 Å². The minimum absolute atomic E-state index is 0.00149. The molecule has 2 aromatic heterocycles. The number of pyridine rings is 1. The summed E-state index contributed by atoms with van der Waals surface area (Å²) >= 11 is 3.21. The van der Waals surface area contributed by atoms with Gasteiger partial charge in [0.05, 0.1) is 10.8 Å². The lowest BCUT2D eigenvalue weighted by Gasteiger charge is -2.20. The molecule has 0 fully saturated rings. The lowest BCUT2D eigenvalue weighted by molar-refractivity contribution is 0.0949. The first-order chi connectivity index (χ1) is 14.7. The Bertz CT molecular complexity index is 1150. The Kier molecular flexibility index (Phi) is 7.33. The van der Waals surface area contributed by atoms with E-state index in [0.29, 0.717) is 17.8 Å². The molecule has 3 rings (SSSR count). The average molecular weight is 463 g/mol. The number of thiophene rings is 1. The van der Waals surface area contributed by atoms with E-state index >= 15 is 0 Å². The minimum Gasteiger partial charge on any atom is -0.348 e. The van der Waals surface area contributed by atoms with Gasteiger partial charge in [-0.1, -0.05) is 18.2 Å². The third kappa shape index (κ3) is 5.07. The van der Waals surface area contributed by atoms with Gasteiger partial charge in [-0.05, 0) is 50.8 Å². The smallest absolute Gasteiger partial charge is 0.263 e. The van der Waals surface area contributed by atoms with Crippen LogP contribution in [0.3, 0.4) is 0 Å². The van der Waals surface area contributed by atoms with Crippen LogP contribution in [0.4, 0.5) is 8.78 Å². The quantitative estimate of drug-likeness (QED) is 0.435.